The predicted molar refractivity (Wildman–Crippen MR) is 78.2 cm³/mol. The van der Waals surface area contributed by atoms with Gasteiger partial charge >= 0.3 is 0 Å². The van der Waals surface area contributed by atoms with Crippen molar-refractivity contribution >= 4 is 17.3 Å². The maximum absolute atomic E-state index is 5.90. The van der Waals surface area contributed by atoms with E-state index in [1.54, 1.807) is 0 Å². The van der Waals surface area contributed by atoms with Crippen LogP contribution >= 0.6 is 11.6 Å². The van der Waals surface area contributed by atoms with Gasteiger partial charge in [0.2, 0.25) is 0 Å². The van der Waals surface area contributed by atoms with E-state index in [0.717, 1.165) is 50.6 Å². The van der Waals surface area contributed by atoms with E-state index in [1.165, 1.54) is 5.69 Å². The van der Waals surface area contributed by atoms with Crippen LogP contribution in [0.5, 0.6) is 0 Å². The zero-order chi connectivity index (χ0) is 12.8. The monoisotopic (exact) mass is 262 g/mol. The molecule has 18 heavy (non-hydrogen) atoms. The molecule has 1 heterocycles. The van der Waals surface area contributed by atoms with Gasteiger partial charge in [-0.1, -0.05) is 11.6 Å². The molecule has 0 N–H and O–H groups in total. The molecule has 0 amide bonds. The maximum atomic E-state index is 5.90. The van der Waals surface area contributed by atoms with Crippen LogP contribution in [-0.4, -0.2) is 37.6 Å². The normalized spacial score (nSPS) is 16.6. The molecule has 0 unspecified atom stereocenters. The molecule has 1 aliphatic heterocycles. The summed E-state index contributed by atoms with van der Waals surface area (Å²) in [5.41, 5.74) is 1.27. The van der Waals surface area contributed by atoms with Gasteiger partial charge in [-0.3, -0.25) is 4.90 Å². The van der Waals surface area contributed by atoms with Crippen LogP contribution in [0, 0.1) is 12.3 Å². The quantitative estimate of drug-likeness (QED) is 0.608. The Morgan fingerprint density at radius 1 is 1.11 bits per heavy atom. The van der Waals surface area contributed by atoms with E-state index >= 15 is 0 Å². The summed E-state index contributed by atoms with van der Waals surface area (Å²) in [5, 5.41) is 0.798. The lowest BCUT2D eigenvalue weighted by atomic mass is 10.2. The zero-order valence-corrected chi connectivity index (χ0v) is 11.4. The lowest BCUT2D eigenvalue weighted by molar-refractivity contribution is 0.256. The fourth-order valence-electron chi connectivity index (χ4n) is 2.29. The predicted octanol–water partition coefficient (Wildman–Crippen LogP) is 2.88. The number of nitrogens with zero attached hydrogens (tertiary/aromatic N) is 2. The third kappa shape index (κ3) is 3.66. The molecular weight excluding hydrogens is 244 g/mol. The Labute approximate surface area is 115 Å². The van der Waals surface area contributed by atoms with Crippen LogP contribution in [0.25, 0.3) is 0 Å². The third-order valence-corrected chi connectivity index (χ3v) is 3.61. The summed E-state index contributed by atoms with van der Waals surface area (Å²) >= 11 is 5.90. The summed E-state index contributed by atoms with van der Waals surface area (Å²) in [7, 11) is 0. The minimum absolute atomic E-state index is 0.798. The highest BCUT2D eigenvalue weighted by Crippen LogP contribution is 2.19. The van der Waals surface area contributed by atoms with Crippen molar-refractivity contribution in [1.29, 1.82) is 0 Å². The Morgan fingerprint density at radius 3 is 2.39 bits per heavy atom. The summed E-state index contributed by atoms with van der Waals surface area (Å²) in [5.74, 6) is 2.70. The Kier molecular flexibility index (Phi) is 4.92. The summed E-state index contributed by atoms with van der Waals surface area (Å²) in [6, 6.07) is 8.10. The Hall–Kier alpha value is -1.17. The molecule has 0 atom stereocenters. The number of unbranched alkanes of at least 4 members (excludes halogenated alkanes) is 1. The van der Waals surface area contributed by atoms with Gasteiger partial charge in [-0.05, 0) is 37.2 Å². The topological polar surface area (TPSA) is 6.48 Å². The molecule has 0 aromatic heterocycles. The SMILES string of the molecule is C#CCCCN1CCN(c2ccc(Cl)cc2)CC1. The van der Waals surface area contributed by atoms with E-state index in [1.807, 2.05) is 12.1 Å². The van der Waals surface area contributed by atoms with Crippen LogP contribution in [0.1, 0.15) is 12.8 Å². The van der Waals surface area contributed by atoms with Crippen LogP contribution in [0.3, 0.4) is 0 Å². The highest BCUT2D eigenvalue weighted by molar-refractivity contribution is 6.30. The molecular formula is C15H19ClN2. The number of halogens is 1. The van der Waals surface area contributed by atoms with E-state index in [0.29, 0.717) is 0 Å². The molecule has 3 heteroatoms. The molecule has 1 aliphatic rings. The lowest BCUT2D eigenvalue weighted by Crippen LogP contribution is -2.46. The summed E-state index contributed by atoms with van der Waals surface area (Å²) in [6.45, 7) is 5.52. The number of benzene rings is 1. The minimum atomic E-state index is 0.798. The smallest absolute Gasteiger partial charge is 0.0407 e. The molecule has 0 radical (unpaired) electrons. The summed E-state index contributed by atoms with van der Waals surface area (Å²) in [4.78, 5) is 4.90. The third-order valence-electron chi connectivity index (χ3n) is 3.36. The van der Waals surface area contributed by atoms with Crippen molar-refractivity contribution in [3.63, 3.8) is 0 Å². The number of piperazine rings is 1. The molecule has 96 valence electrons. The second kappa shape index (κ2) is 6.68. The highest BCUT2D eigenvalue weighted by Gasteiger charge is 2.16. The van der Waals surface area contributed by atoms with Crippen molar-refractivity contribution < 1.29 is 0 Å². The zero-order valence-electron chi connectivity index (χ0n) is 10.6. The average Bonchev–Trinajstić information content (AvgIpc) is 2.41. The average molecular weight is 263 g/mol. The molecule has 0 bridgehead atoms. The van der Waals surface area contributed by atoms with E-state index in [4.69, 9.17) is 18.0 Å². The van der Waals surface area contributed by atoms with E-state index in [2.05, 4.69) is 27.9 Å². The van der Waals surface area contributed by atoms with Crippen molar-refractivity contribution in [2.24, 2.45) is 0 Å². The van der Waals surface area contributed by atoms with Gasteiger partial charge in [0.05, 0.1) is 0 Å². The first-order valence-electron chi connectivity index (χ1n) is 6.46. The van der Waals surface area contributed by atoms with E-state index in [-0.39, 0.29) is 0 Å². The molecule has 0 spiro atoms. The first-order valence-corrected chi connectivity index (χ1v) is 6.84. The van der Waals surface area contributed by atoms with Crippen molar-refractivity contribution in [2.45, 2.75) is 12.8 Å². The second-order valence-corrected chi connectivity index (χ2v) is 5.05. The van der Waals surface area contributed by atoms with Gasteiger partial charge in [-0.15, -0.1) is 12.3 Å². The Morgan fingerprint density at radius 2 is 1.78 bits per heavy atom. The van der Waals surface area contributed by atoms with E-state index < -0.39 is 0 Å². The van der Waals surface area contributed by atoms with Crippen LogP contribution in [0.4, 0.5) is 5.69 Å². The lowest BCUT2D eigenvalue weighted by Gasteiger charge is -2.36. The van der Waals surface area contributed by atoms with Crippen molar-refractivity contribution in [2.75, 3.05) is 37.6 Å². The van der Waals surface area contributed by atoms with Gasteiger partial charge in [0.1, 0.15) is 0 Å². The highest BCUT2D eigenvalue weighted by atomic mass is 35.5. The van der Waals surface area contributed by atoms with Gasteiger partial charge in [0, 0.05) is 43.3 Å². The summed E-state index contributed by atoms with van der Waals surface area (Å²) in [6.07, 6.45) is 7.26. The Bertz CT molecular complexity index is 399. The molecule has 1 saturated heterocycles. The summed E-state index contributed by atoms with van der Waals surface area (Å²) < 4.78 is 0. The van der Waals surface area contributed by atoms with Crippen LogP contribution in [0.15, 0.2) is 24.3 Å². The first-order chi connectivity index (χ1) is 8.79. The standard InChI is InChI=1S/C15H19ClN2/c1-2-3-4-9-17-10-12-18(13-11-17)15-7-5-14(16)6-8-15/h1,5-8H,3-4,9-13H2. The maximum Gasteiger partial charge on any atom is 0.0407 e. The molecule has 2 rings (SSSR count). The van der Waals surface area contributed by atoms with Crippen LogP contribution in [-0.2, 0) is 0 Å². The van der Waals surface area contributed by atoms with Gasteiger partial charge in [0.15, 0.2) is 0 Å². The van der Waals surface area contributed by atoms with Crippen molar-refractivity contribution in [1.82, 2.24) is 4.90 Å². The number of terminal acetylenes is 1. The van der Waals surface area contributed by atoms with Crippen molar-refractivity contribution in [3.05, 3.63) is 29.3 Å². The molecule has 0 aliphatic carbocycles. The van der Waals surface area contributed by atoms with E-state index in [9.17, 15) is 0 Å². The molecule has 2 nitrogen and oxygen atoms in total. The molecule has 0 saturated carbocycles. The van der Waals surface area contributed by atoms with Gasteiger partial charge in [0.25, 0.3) is 0 Å². The van der Waals surface area contributed by atoms with Crippen molar-refractivity contribution in [3.8, 4) is 12.3 Å². The molecule has 1 aromatic carbocycles. The number of anilines is 1. The largest absolute Gasteiger partial charge is 0.369 e. The van der Waals surface area contributed by atoms with Gasteiger partial charge in [-0.25, -0.2) is 0 Å². The number of hydrogen-bond donors (Lipinski definition) is 0. The first kappa shape index (κ1) is 13.3. The number of rotatable bonds is 4. The van der Waals surface area contributed by atoms with Gasteiger partial charge in [-0.2, -0.15) is 0 Å². The number of hydrogen-bond acceptors (Lipinski definition) is 2. The van der Waals surface area contributed by atoms with Crippen LogP contribution in [0.2, 0.25) is 5.02 Å². The molecule has 1 fully saturated rings. The van der Waals surface area contributed by atoms with Crippen LogP contribution < -0.4 is 4.90 Å². The molecule has 1 aromatic rings. The fourth-order valence-corrected chi connectivity index (χ4v) is 2.41. The van der Waals surface area contributed by atoms with Gasteiger partial charge < -0.3 is 4.90 Å². The minimum Gasteiger partial charge on any atom is -0.369 e. The fraction of sp³-hybridized carbons (Fsp3) is 0.467. The second-order valence-electron chi connectivity index (χ2n) is 4.61. The Balaban J connectivity index is 1.79.